The van der Waals surface area contributed by atoms with Gasteiger partial charge in [0.2, 0.25) is 11.8 Å². The monoisotopic (exact) mass is 855 g/mol. The van der Waals surface area contributed by atoms with Gasteiger partial charge in [-0.05, 0) is 77.5 Å². The lowest BCUT2D eigenvalue weighted by Gasteiger charge is -2.50. The number of phenolic OH excluding ortho intramolecular Hbond substituents is 1. The SMILES string of the molecule is COc1cc(C2C3=CCC4C(=O)N(C5CCN(Cc6ccccc6)CC5)C(=O)C4C3CC3(Cl)C(=O)N(CBr)C(=O)C23Cl)cc(I)c1O. The van der Waals surface area contributed by atoms with Gasteiger partial charge in [0.05, 0.1) is 28.0 Å². The Kier molecular flexibility index (Phi) is 8.71. The molecule has 0 radical (unpaired) electrons. The second-order valence-corrected chi connectivity index (χ2v) is 16.0. The number of methoxy groups -OCH3 is 1. The van der Waals surface area contributed by atoms with Crippen molar-refractivity contribution < 1.29 is 29.0 Å². The van der Waals surface area contributed by atoms with Gasteiger partial charge in [-0.15, -0.1) is 23.2 Å². The molecule has 4 fully saturated rings. The minimum atomic E-state index is -1.92. The number of fused-ring (bicyclic) bond motifs is 4. The van der Waals surface area contributed by atoms with Crippen LogP contribution in [0.3, 0.4) is 0 Å². The van der Waals surface area contributed by atoms with Crippen LogP contribution < -0.4 is 4.74 Å². The van der Waals surface area contributed by atoms with Crippen molar-refractivity contribution in [1.82, 2.24) is 14.7 Å². The summed E-state index contributed by atoms with van der Waals surface area (Å²) < 4.78 is 5.90. The van der Waals surface area contributed by atoms with Crippen molar-refractivity contribution in [1.29, 1.82) is 0 Å². The number of phenols is 1. The maximum absolute atomic E-state index is 14.4. The highest BCUT2D eigenvalue weighted by Gasteiger charge is 2.76. The number of piperidine rings is 1. The van der Waals surface area contributed by atoms with Gasteiger partial charge < -0.3 is 9.84 Å². The van der Waals surface area contributed by atoms with Crippen molar-refractivity contribution in [2.24, 2.45) is 17.8 Å². The van der Waals surface area contributed by atoms with Gasteiger partial charge in [-0.25, -0.2) is 0 Å². The van der Waals surface area contributed by atoms with Crippen molar-refractivity contribution in [3.05, 3.63) is 68.8 Å². The molecule has 6 unspecified atom stereocenters. The van der Waals surface area contributed by atoms with Gasteiger partial charge in [-0.2, -0.15) is 0 Å². The Balaban J connectivity index is 1.24. The smallest absolute Gasteiger partial charge is 0.254 e. The van der Waals surface area contributed by atoms with Crippen molar-refractivity contribution in [3.63, 3.8) is 0 Å². The molecule has 248 valence electrons. The average molecular weight is 857 g/mol. The van der Waals surface area contributed by atoms with Crippen molar-refractivity contribution >= 4 is 85.4 Å². The lowest BCUT2D eigenvalue weighted by atomic mass is 9.56. The van der Waals surface area contributed by atoms with Gasteiger partial charge in [-0.1, -0.05) is 57.9 Å². The molecule has 0 spiro atoms. The predicted octanol–water partition coefficient (Wildman–Crippen LogP) is 5.38. The number of imide groups is 2. The Labute approximate surface area is 304 Å². The maximum Gasteiger partial charge on any atom is 0.254 e. The number of amides is 4. The minimum Gasteiger partial charge on any atom is -0.504 e. The van der Waals surface area contributed by atoms with E-state index in [1.165, 1.54) is 17.6 Å². The largest absolute Gasteiger partial charge is 0.504 e. The van der Waals surface area contributed by atoms with Crippen LogP contribution in [0.25, 0.3) is 0 Å². The van der Waals surface area contributed by atoms with Crippen LogP contribution in [-0.4, -0.2) is 84.9 Å². The van der Waals surface area contributed by atoms with E-state index in [1.807, 2.05) is 46.9 Å². The number of allylic oxidation sites excluding steroid dienone is 2. The highest BCUT2D eigenvalue weighted by atomic mass is 127. The summed E-state index contributed by atoms with van der Waals surface area (Å²) in [4.78, 5) is 57.4. The summed E-state index contributed by atoms with van der Waals surface area (Å²) in [6.45, 7) is 2.34. The molecule has 6 atom stereocenters. The summed E-state index contributed by atoms with van der Waals surface area (Å²) in [7, 11) is 1.42. The van der Waals surface area contributed by atoms with Crippen LogP contribution in [0.15, 0.2) is 54.1 Å². The topological polar surface area (TPSA) is 107 Å². The Morgan fingerprint density at radius 1 is 1.02 bits per heavy atom. The first-order valence-corrected chi connectivity index (χ1v) is 18.6. The first kappa shape index (κ1) is 33.3. The summed E-state index contributed by atoms with van der Waals surface area (Å²) in [5, 5.41) is 10.6. The van der Waals surface area contributed by atoms with E-state index in [0.717, 1.165) is 24.5 Å². The Bertz CT molecular complexity index is 1700. The maximum atomic E-state index is 14.4. The van der Waals surface area contributed by atoms with Crippen LogP contribution in [0, 0.1) is 21.3 Å². The normalized spacial score (nSPS) is 32.7. The highest BCUT2D eigenvalue weighted by molar-refractivity contribution is 14.1. The molecule has 3 saturated heterocycles. The summed E-state index contributed by atoms with van der Waals surface area (Å²) in [5.41, 5.74) is 2.36. The van der Waals surface area contributed by atoms with Crippen LogP contribution in [0.5, 0.6) is 11.5 Å². The van der Waals surface area contributed by atoms with E-state index in [4.69, 9.17) is 27.9 Å². The van der Waals surface area contributed by atoms with Crippen LogP contribution in [0.4, 0.5) is 0 Å². The van der Waals surface area contributed by atoms with Crippen LogP contribution in [0.2, 0.25) is 0 Å². The number of aromatic hydroxyl groups is 1. The summed E-state index contributed by atoms with van der Waals surface area (Å²) >= 11 is 19.9. The number of ether oxygens (including phenoxy) is 1. The van der Waals surface area contributed by atoms with E-state index in [1.54, 1.807) is 12.1 Å². The zero-order chi connectivity index (χ0) is 33.4. The van der Waals surface area contributed by atoms with Crippen LogP contribution in [-0.2, 0) is 25.7 Å². The van der Waals surface area contributed by atoms with Crippen LogP contribution in [0.1, 0.15) is 42.7 Å². The molecule has 47 heavy (non-hydrogen) atoms. The fourth-order valence-corrected chi connectivity index (χ4v) is 10.7. The molecule has 2 aliphatic carbocycles. The van der Waals surface area contributed by atoms with Crippen molar-refractivity contribution in [2.45, 2.75) is 53.9 Å². The number of rotatable bonds is 6. The number of likely N-dealkylation sites (tertiary alicyclic amines) is 3. The van der Waals surface area contributed by atoms with E-state index in [-0.39, 0.29) is 41.2 Å². The van der Waals surface area contributed by atoms with Gasteiger partial charge in [0, 0.05) is 31.6 Å². The summed E-state index contributed by atoms with van der Waals surface area (Å²) in [6.07, 6.45) is 3.53. The Hall–Kier alpha value is -2.19. The van der Waals surface area contributed by atoms with Crippen molar-refractivity contribution in [2.75, 3.05) is 25.7 Å². The van der Waals surface area contributed by atoms with E-state index in [9.17, 15) is 24.3 Å². The molecular formula is C34H33BrCl2IN3O6. The quantitative estimate of drug-likeness (QED) is 0.137. The molecule has 3 aliphatic heterocycles. The molecule has 13 heteroatoms. The summed E-state index contributed by atoms with van der Waals surface area (Å²) in [5.74, 6) is -4.45. The third kappa shape index (κ3) is 4.92. The van der Waals surface area contributed by atoms with E-state index in [0.29, 0.717) is 34.0 Å². The molecule has 7 rings (SSSR count). The van der Waals surface area contributed by atoms with Gasteiger partial charge in [-0.3, -0.25) is 33.9 Å². The standard InChI is InChI=1S/C34H33BrCl2IN3O6/c1-47-25-14-19(13-24(38)28(25)42)27-21-7-8-22-26(23(21)15-33(36)31(45)40(17-35)32(46)34(27,33)37)30(44)41(29(22)43)20-9-11-39(12-10-20)16-18-5-3-2-4-6-18/h2-7,13-14,20,22-23,26-27,42H,8-12,15-17H2,1H3. The first-order chi connectivity index (χ1) is 22.5. The van der Waals surface area contributed by atoms with Gasteiger partial charge in [0.25, 0.3) is 11.8 Å². The number of hydrogen-bond donors (Lipinski definition) is 1. The summed E-state index contributed by atoms with van der Waals surface area (Å²) in [6, 6.07) is 13.3. The third-order valence-corrected chi connectivity index (χ3v) is 13.6. The fraction of sp³-hybridized carbons (Fsp3) is 0.471. The number of nitrogens with zero attached hydrogens (tertiary/aromatic N) is 3. The fourth-order valence-electron chi connectivity index (χ4n) is 8.60. The molecule has 2 aromatic rings. The molecule has 3 heterocycles. The number of benzene rings is 2. The molecule has 0 aromatic heterocycles. The highest BCUT2D eigenvalue weighted by Crippen LogP contribution is 2.66. The molecule has 9 nitrogen and oxygen atoms in total. The van der Waals surface area contributed by atoms with E-state index < -0.39 is 45.2 Å². The molecular weight excluding hydrogens is 824 g/mol. The lowest BCUT2D eigenvalue weighted by molar-refractivity contribution is -0.144. The predicted molar refractivity (Wildman–Crippen MR) is 187 cm³/mol. The second kappa shape index (κ2) is 12.3. The number of carbonyl (C=O) groups excluding carboxylic acids is 4. The lowest BCUT2D eigenvalue weighted by Crippen LogP contribution is -2.60. The number of carbonyl (C=O) groups is 4. The van der Waals surface area contributed by atoms with Crippen LogP contribution >= 0.6 is 61.7 Å². The molecule has 1 saturated carbocycles. The van der Waals surface area contributed by atoms with Gasteiger partial charge in [0.15, 0.2) is 21.2 Å². The number of halogens is 4. The van der Waals surface area contributed by atoms with Gasteiger partial charge >= 0.3 is 0 Å². The number of hydrogen-bond acceptors (Lipinski definition) is 7. The number of alkyl halides is 3. The third-order valence-electron chi connectivity index (χ3n) is 10.8. The van der Waals surface area contributed by atoms with Crippen molar-refractivity contribution in [3.8, 4) is 11.5 Å². The minimum absolute atomic E-state index is 0.0652. The van der Waals surface area contributed by atoms with Gasteiger partial charge in [0.1, 0.15) is 0 Å². The molecule has 0 bridgehead atoms. The Morgan fingerprint density at radius 3 is 2.38 bits per heavy atom. The molecule has 4 amide bonds. The molecule has 5 aliphatic rings. The molecule has 1 N–H and O–H groups in total. The average Bonchev–Trinajstić information content (AvgIpc) is 3.40. The molecule has 2 aromatic carbocycles. The first-order valence-electron chi connectivity index (χ1n) is 15.7. The zero-order valence-corrected chi connectivity index (χ0v) is 30.8. The van der Waals surface area contributed by atoms with E-state index >= 15 is 0 Å². The second-order valence-electron chi connectivity index (χ2n) is 13.1. The zero-order valence-electron chi connectivity index (χ0n) is 25.5. The van der Waals surface area contributed by atoms with E-state index in [2.05, 4.69) is 33.0 Å². The Morgan fingerprint density at radius 2 is 1.72 bits per heavy atom.